The van der Waals surface area contributed by atoms with Crippen molar-refractivity contribution in [3.63, 3.8) is 0 Å². The molecule has 0 saturated heterocycles. The van der Waals surface area contributed by atoms with Gasteiger partial charge >= 0.3 is 5.69 Å². The second-order valence-electron chi connectivity index (χ2n) is 4.17. The SMILES string of the molecule is CCCc1ccc(Nc2cc(C#N)[nH]c(=O)n2)cc1. The van der Waals surface area contributed by atoms with Crippen LogP contribution in [-0.4, -0.2) is 9.97 Å². The van der Waals surface area contributed by atoms with E-state index in [0.717, 1.165) is 18.5 Å². The molecule has 0 radical (unpaired) electrons. The average Bonchev–Trinajstić information content (AvgIpc) is 2.40. The van der Waals surface area contributed by atoms with E-state index >= 15 is 0 Å². The molecule has 0 aliphatic carbocycles. The van der Waals surface area contributed by atoms with Crippen molar-refractivity contribution in [1.29, 1.82) is 5.26 Å². The van der Waals surface area contributed by atoms with E-state index in [-0.39, 0.29) is 5.69 Å². The third-order valence-electron chi connectivity index (χ3n) is 2.63. The lowest BCUT2D eigenvalue weighted by Gasteiger charge is -2.06. The third kappa shape index (κ3) is 3.42. The van der Waals surface area contributed by atoms with Gasteiger partial charge < -0.3 is 5.32 Å². The van der Waals surface area contributed by atoms with Gasteiger partial charge in [0.25, 0.3) is 0 Å². The van der Waals surface area contributed by atoms with Crippen LogP contribution in [-0.2, 0) is 6.42 Å². The first-order valence-corrected chi connectivity index (χ1v) is 6.08. The van der Waals surface area contributed by atoms with E-state index < -0.39 is 5.69 Å². The number of H-pyrrole nitrogens is 1. The van der Waals surface area contributed by atoms with Gasteiger partial charge in [-0.25, -0.2) is 4.79 Å². The zero-order valence-corrected chi connectivity index (χ0v) is 10.6. The van der Waals surface area contributed by atoms with Crippen LogP contribution < -0.4 is 11.0 Å². The molecule has 0 spiro atoms. The highest BCUT2D eigenvalue weighted by molar-refractivity contribution is 5.57. The Kier molecular flexibility index (Phi) is 3.94. The molecular weight excluding hydrogens is 240 g/mol. The zero-order valence-electron chi connectivity index (χ0n) is 10.6. The summed E-state index contributed by atoms with van der Waals surface area (Å²) in [6.45, 7) is 2.13. The van der Waals surface area contributed by atoms with Crippen LogP contribution in [0, 0.1) is 11.3 Å². The molecule has 2 aromatic rings. The molecular formula is C14H14N4O. The number of nitrogens with one attached hydrogen (secondary N) is 2. The predicted octanol–water partition coefficient (Wildman–Crippen LogP) is 2.34. The molecule has 0 atom stereocenters. The standard InChI is InChI=1S/C14H14N4O/c1-2-3-10-4-6-11(7-5-10)16-13-8-12(9-15)17-14(19)18-13/h4-8H,2-3H2,1H3,(H2,16,17,18,19). The van der Waals surface area contributed by atoms with Gasteiger partial charge in [0.05, 0.1) is 0 Å². The van der Waals surface area contributed by atoms with Gasteiger partial charge in [-0.15, -0.1) is 0 Å². The number of nitrogens with zero attached hydrogens (tertiary/aromatic N) is 2. The lowest BCUT2D eigenvalue weighted by Crippen LogP contribution is -2.13. The summed E-state index contributed by atoms with van der Waals surface area (Å²) in [5.74, 6) is 0.364. The van der Waals surface area contributed by atoms with Crippen molar-refractivity contribution in [2.24, 2.45) is 0 Å². The summed E-state index contributed by atoms with van der Waals surface area (Å²) in [6, 6.07) is 11.3. The van der Waals surface area contributed by atoms with Gasteiger partial charge in [-0.1, -0.05) is 25.5 Å². The molecule has 19 heavy (non-hydrogen) atoms. The van der Waals surface area contributed by atoms with Crippen LogP contribution in [0.15, 0.2) is 35.1 Å². The Morgan fingerprint density at radius 1 is 1.37 bits per heavy atom. The van der Waals surface area contributed by atoms with E-state index in [1.165, 1.54) is 11.6 Å². The molecule has 0 fully saturated rings. The van der Waals surface area contributed by atoms with Crippen molar-refractivity contribution in [3.05, 3.63) is 52.1 Å². The van der Waals surface area contributed by atoms with Gasteiger partial charge in [-0.2, -0.15) is 10.2 Å². The Balaban J connectivity index is 2.19. The maximum absolute atomic E-state index is 11.2. The van der Waals surface area contributed by atoms with Gasteiger partial charge in [-0.3, -0.25) is 4.98 Å². The highest BCUT2D eigenvalue weighted by atomic mass is 16.1. The van der Waals surface area contributed by atoms with Crippen LogP contribution in [0.3, 0.4) is 0 Å². The molecule has 1 aromatic heterocycles. The van der Waals surface area contributed by atoms with Crippen LogP contribution in [0.25, 0.3) is 0 Å². The minimum atomic E-state index is -0.538. The topological polar surface area (TPSA) is 81.6 Å². The molecule has 1 aromatic carbocycles. The van der Waals surface area contributed by atoms with Gasteiger partial charge in [-0.05, 0) is 24.1 Å². The summed E-state index contributed by atoms with van der Waals surface area (Å²) in [4.78, 5) is 17.3. The maximum atomic E-state index is 11.2. The Morgan fingerprint density at radius 2 is 2.11 bits per heavy atom. The Morgan fingerprint density at radius 3 is 2.74 bits per heavy atom. The van der Waals surface area contributed by atoms with Crippen molar-refractivity contribution < 1.29 is 0 Å². The largest absolute Gasteiger partial charge is 0.347 e. The smallest absolute Gasteiger partial charge is 0.340 e. The molecule has 5 heteroatoms. The number of aryl methyl sites for hydroxylation is 1. The monoisotopic (exact) mass is 254 g/mol. The third-order valence-corrected chi connectivity index (χ3v) is 2.63. The summed E-state index contributed by atoms with van der Waals surface area (Å²) < 4.78 is 0. The Labute approximate surface area is 110 Å². The Hall–Kier alpha value is -2.61. The second-order valence-corrected chi connectivity index (χ2v) is 4.17. The first-order chi connectivity index (χ1) is 9.21. The maximum Gasteiger partial charge on any atom is 0.347 e. The first kappa shape index (κ1) is 12.8. The number of hydrogen-bond acceptors (Lipinski definition) is 4. The number of rotatable bonds is 4. The molecule has 2 rings (SSSR count). The summed E-state index contributed by atoms with van der Waals surface area (Å²) in [7, 11) is 0. The molecule has 0 bridgehead atoms. The van der Waals surface area contributed by atoms with Crippen LogP contribution in [0.1, 0.15) is 24.6 Å². The quantitative estimate of drug-likeness (QED) is 0.877. The van der Waals surface area contributed by atoms with E-state index in [1.807, 2.05) is 30.3 Å². The number of benzene rings is 1. The molecule has 2 N–H and O–H groups in total. The van der Waals surface area contributed by atoms with Crippen molar-refractivity contribution in [1.82, 2.24) is 9.97 Å². The van der Waals surface area contributed by atoms with E-state index in [9.17, 15) is 4.79 Å². The minimum absolute atomic E-state index is 0.185. The highest BCUT2D eigenvalue weighted by Crippen LogP contribution is 2.15. The fraction of sp³-hybridized carbons (Fsp3) is 0.214. The molecule has 0 aliphatic heterocycles. The lowest BCUT2D eigenvalue weighted by molar-refractivity contribution is 0.922. The summed E-state index contributed by atoms with van der Waals surface area (Å²) in [5, 5.41) is 11.8. The number of nitriles is 1. The van der Waals surface area contributed by atoms with Crippen LogP contribution >= 0.6 is 0 Å². The van der Waals surface area contributed by atoms with Crippen molar-refractivity contribution in [2.75, 3.05) is 5.32 Å². The van der Waals surface area contributed by atoms with Crippen molar-refractivity contribution in [2.45, 2.75) is 19.8 Å². The highest BCUT2D eigenvalue weighted by Gasteiger charge is 2.01. The Bertz CT molecular complexity index is 652. The molecule has 5 nitrogen and oxygen atoms in total. The van der Waals surface area contributed by atoms with Crippen LogP contribution in [0.5, 0.6) is 0 Å². The minimum Gasteiger partial charge on any atom is -0.340 e. The number of aromatic amines is 1. The van der Waals surface area contributed by atoms with Gasteiger partial charge in [0.2, 0.25) is 0 Å². The number of aromatic nitrogens is 2. The van der Waals surface area contributed by atoms with Gasteiger partial charge in [0.15, 0.2) is 0 Å². The fourth-order valence-corrected chi connectivity index (χ4v) is 1.77. The van der Waals surface area contributed by atoms with Crippen molar-refractivity contribution >= 4 is 11.5 Å². The summed E-state index contributed by atoms with van der Waals surface area (Å²) >= 11 is 0. The molecule has 1 heterocycles. The van der Waals surface area contributed by atoms with E-state index in [2.05, 4.69) is 22.2 Å². The summed E-state index contributed by atoms with van der Waals surface area (Å²) in [5.41, 5.74) is 1.75. The van der Waals surface area contributed by atoms with Gasteiger partial charge in [0, 0.05) is 11.8 Å². The average molecular weight is 254 g/mol. The van der Waals surface area contributed by atoms with E-state index in [0.29, 0.717) is 5.82 Å². The van der Waals surface area contributed by atoms with Crippen LogP contribution in [0.2, 0.25) is 0 Å². The molecule has 0 saturated carbocycles. The van der Waals surface area contributed by atoms with Crippen LogP contribution in [0.4, 0.5) is 11.5 Å². The molecule has 0 aliphatic rings. The predicted molar refractivity (Wildman–Crippen MR) is 73.3 cm³/mol. The first-order valence-electron chi connectivity index (χ1n) is 6.08. The molecule has 0 unspecified atom stereocenters. The van der Waals surface area contributed by atoms with Crippen molar-refractivity contribution in [3.8, 4) is 6.07 Å². The lowest BCUT2D eigenvalue weighted by atomic mass is 10.1. The molecule has 0 amide bonds. The van der Waals surface area contributed by atoms with Gasteiger partial charge in [0.1, 0.15) is 17.6 Å². The van der Waals surface area contributed by atoms with E-state index in [4.69, 9.17) is 5.26 Å². The van der Waals surface area contributed by atoms with E-state index in [1.54, 1.807) is 0 Å². The normalized spacial score (nSPS) is 9.89. The second kappa shape index (κ2) is 5.83. The number of anilines is 2. The number of hydrogen-bond donors (Lipinski definition) is 2. The summed E-state index contributed by atoms with van der Waals surface area (Å²) in [6.07, 6.45) is 2.15. The fourth-order valence-electron chi connectivity index (χ4n) is 1.77. The zero-order chi connectivity index (χ0) is 13.7. The molecule has 96 valence electrons.